The van der Waals surface area contributed by atoms with Crippen molar-refractivity contribution >= 4 is 22.5 Å². The van der Waals surface area contributed by atoms with Crippen molar-refractivity contribution in [1.29, 1.82) is 0 Å². The van der Waals surface area contributed by atoms with Crippen LogP contribution >= 0.6 is 11.6 Å². The molecule has 1 aromatic heterocycles. The molecule has 0 amide bonds. The summed E-state index contributed by atoms with van der Waals surface area (Å²) in [6.45, 7) is 2.01. The van der Waals surface area contributed by atoms with Crippen LogP contribution in [0.5, 0.6) is 0 Å². The van der Waals surface area contributed by atoms with E-state index in [1.54, 1.807) is 0 Å². The molecule has 0 unspecified atom stereocenters. The largest absolute Gasteiger partial charge is 0.253 e. The van der Waals surface area contributed by atoms with E-state index in [0.717, 1.165) is 28.0 Å². The number of nitrogens with zero attached hydrogens (tertiary/aromatic N) is 1. The van der Waals surface area contributed by atoms with Crippen LogP contribution in [0.15, 0.2) is 18.2 Å². The second-order valence-corrected chi connectivity index (χ2v) is 4.96. The van der Waals surface area contributed by atoms with Crippen molar-refractivity contribution in [2.45, 2.75) is 32.6 Å². The molecule has 0 fully saturated rings. The summed E-state index contributed by atoms with van der Waals surface area (Å²) in [6, 6.07) is 6.28. The number of fused-ring (bicyclic) bond motifs is 3. The molecule has 0 bridgehead atoms. The molecule has 0 spiro atoms. The van der Waals surface area contributed by atoms with Gasteiger partial charge in [-0.05, 0) is 49.8 Å². The van der Waals surface area contributed by atoms with E-state index in [0.29, 0.717) is 0 Å². The topological polar surface area (TPSA) is 12.9 Å². The van der Waals surface area contributed by atoms with Crippen LogP contribution in [0.4, 0.5) is 0 Å². The third-order valence-corrected chi connectivity index (χ3v) is 3.70. The second-order valence-electron chi connectivity index (χ2n) is 4.55. The fourth-order valence-corrected chi connectivity index (χ4v) is 2.91. The van der Waals surface area contributed by atoms with Gasteiger partial charge < -0.3 is 0 Å². The van der Waals surface area contributed by atoms with Crippen LogP contribution in [-0.4, -0.2) is 4.98 Å². The normalized spacial score (nSPS) is 15.1. The van der Waals surface area contributed by atoms with Gasteiger partial charge in [-0.15, -0.1) is 0 Å². The zero-order valence-electron chi connectivity index (χ0n) is 9.39. The lowest BCUT2D eigenvalue weighted by molar-refractivity contribution is 0.689. The number of aromatic nitrogens is 1. The Morgan fingerprint density at radius 3 is 2.88 bits per heavy atom. The predicted octanol–water partition coefficient (Wildman–Crippen LogP) is 4.08. The van der Waals surface area contributed by atoms with E-state index in [2.05, 4.69) is 17.1 Å². The Balaban J connectivity index is 2.38. The van der Waals surface area contributed by atoms with Crippen molar-refractivity contribution in [2.75, 3.05) is 0 Å². The molecule has 0 atom stereocenters. The van der Waals surface area contributed by atoms with Crippen LogP contribution in [0, 0.1) is 6.92 Å². The number of benzene rings is 1. The zero-order valence-corrected chi connectivity index (χ0v) is 10.1. The Hall–Kier alpha value is -1.08. The first-order valence-electron chi connectivity index (χ1n) is 5.83. The highest BCUT2D eigenvalue weighted by atomic mass is 35.5. The van der Waals surface area contributed by atoms with Crippen molar-refractivity contribution < 1.29 is 0 Å². The molecule has 1 aliphatic rings. The molecule has 0 saturated heterocycles. The molecule has 2 aromatic rings. The highest BCUT2D eigenvalue weighted by Gasteiger charge is 2.14. The molecule has 0 N–H and O–H groups in total. The molecule has 2 heteroatoms. The van der Waals surface area contributed by atoms with E-state index >= 15 is 0 Å². The van der Waals surface area contributed by atoms with E-state index in [1.165, 1.54) is 30.4 Å². The highest BCUT2D eigenvalue weighted by molar-refractivity contribution is 6.35. The van der Waals surface area contributed by atoms with E-state index in [4.69, 9.17) is 11.6 Å². The Morgan fingerprint density at radius 1 is 1.19 bits per heavy atom. The predicted molar refractivity (Wildman–Crippen MR) is 68.1 cm³/mol. The van der Waals surface area contributed by atoms with Gasteiger partial charge in [-0.1, -0.05) is 23.7 Å². The van der Waals surface area contributed by atoms with Crippen LogP contribution in [-0.2, 0) is 12.8 Å². The monoisotopic (exact) mass is 231 g/mol. The van der Waals surface area contributed by atoms with Crippen LogP contribution in [0.2, 0.25) is 5.02 Å². The van der Waals surface area contributed by atoms with Gasteiger partial charge in [0.25, 0.3) is 0 Å². The maximum absolute atomic E-state index is 6.26. The van der Waals surface area contributed by atoms with E-state index in [1.807, 2.05) is 13.0 Å². The van der Waals surface area contributed by atoms with Gasteiger partial charge in [0, 0.05) is 11.1 Å². The Labute approximate surface area is 100 Å². The van der Waals surface area contributed by atoms with E-state index < -0.39 is 0 Å². The molecule has 1 nitrogen and oxygen atoms in total. The molecular weight excluding hydrogens is 218 g/mol. The van der Waals surface area contributed by atoms with Gasteiger partial charge in [-0.25, -0.2) is 0 Å². The van der Waals surface area contributed by atoms with Gasteiger partial charge in [0.1, 0.15) is 0 Å². The minimum absolute atomic E-state index is 0.830. The van der Waals surface area contributed by atoms with E-state index in [-0.39, 0.29) is 0 Å². The molecule has 0 radical (unpaired) electrons. The summed E-state index contributed by atoms with van der Waals surface area (Å²) in [5.41, 5.74) is 5.03. The number of hydrogen-bond acceptors (Lipinski definition) is 1. The van der Waals surface area contributed by atoms with Gasteiger partial charge in [-0.3, -0.25) is 4.98 Å². The maximum atomic E-state index is 6.26. The molecule has 0 saturated carbocycles. The van der Waals surface area contributed by atoms with Gasteiger partial charge in [0.2, 0.25) is 0 Å². The number of halogens is 1. The van der Waals surface area contributed by atoms with Gasteiger partial charge in [0.15, 0.2) is 0 Å². The summed E-state index contributed by atoms with van der Waals surface area (Å²) in [5.74, 6) is 0. The number of aryl methyl sites for hydroxylation is 3. The number of pyridine rings is 1. The molecule has 82 valence electrons. The first kappa shape index (κ1) is 10.1. The quantitative estimate of drug-likeness (QED) is 0.666. The third kappa shape index (κ3) is 1.51. The fraction of sp³-hybridized carbons (Fsp3) is 0.357. The maximum Gasteiger partial charge on any atom is 0.0754 e. The van der Waals surface area contributed by atoms with Crippen LogP contribution in [0.1, 0.15) is 29.7 Å². The fourth-order valence-electron chi connectivity index (χ4n) is 2.60. The lowest BCUT2D eigenvalue weighted by atomic mass is 9.89. The summed E-state index contributed by atoms with van der Waals surface area (Å²) in [7, 11) is 0. The SMILES string of the molecule is Cc1cc(Cl)c2ccc3c(c2n1)CCCC3. The molecular formula is C14H14ClN. The number of hydrogen-bond donors (Lipinski definition) is 0. The summed E-state index contributed by atoms with van der Waals surface area (Å²) in [4.78, 5) is 4.67. The molecule has 1 heterocycles. The summed E-state index contributed by atoms with van der Waals surface area (Å²) in [5, 5.41) is 1.93. The molecule has 16 heavy (non-hydrogen) atoms. The third-order valence-electron chi connectivity index (χ3n) is 3.38. The second kappa shape index (κ2) is 3.74. The first-order chi connectivity index (χ1) is 7.75. The van der Waals surface area contributed by atoms with Crippen molar-refractivity contribution in [2.24, 2.45) is 0 Å². The van der Waals surface area contributed by atoms with Gasteiger partial charge in [-0.2, -0.15) is 0 Å². The lowest BCUT2D eigenvalue weighted by Crippen LogP contribution is -2.04. The van der Waals surface area contributed by atoms with Gasteiger partial charge in [0.05, 0.1) is 10.5 Å². The Kier molecular flexibility index (Phi) is 2.36. The number of rotatable bonds is 0. The Bertz CT molecular complexity index is 560. The van der Waals surface area contributed by atoms with Crippen molar-refractivity contribution in [1.82, 2.24) is 4.98 Å². The van der Waals surface area contributed by atoms with Crippen LogP contribution in [0.25, 0.3) is 10.9 Å². The van der Waals surface area contributed by atoms with E-state index in [9.17, 15) is 0 Å². The molecule has 3 rings (SSSR count). The first-order valence-corrected chi connectivity index (χ1v) is 6.21. The smallest absolute Gasteiger partial charge is 0.0754 e. The average molecular weight is 232 g/mol. The van der Waals surface area contributed by atoms with Crippen LogP contribution in [0.3, 0.4) is 0 Å². The molecule has 0 aliphatic heterocycles. The van der Waals surface area contributed by atoms with Crippen molar-refractivity contribution in [3.63, 3.8) is 0 Å². The standard InChI is InChI=1S/C14H14ClN/c1-9-8-13(15)12-7-6-10-4-2-3-5-11(10)14(12)16-9/h6-8H,2-5H2,1H3. The minimum Gasteiger partial charge on any atom is -0.253 e. The molecule has 1 aromatic carbocycles. The average Bonchev–Trinajstić information content (AvgIpc) is 2.28. The zero-order chi connectivity index (χ0) is 11.1. The van der Waals surface area contributed by atoms with Crippen LogP contribution < -0.4 is 0 Å². The van der Waals surface area contributed by atoms with Crippen molar-refractivity contribution in [3.8, 4) is 0 Å². The summed E-state index contributed by atoms with van der Waals surface area (Å²) >= 11 is 6.26. The minimum atomic E-state index is 0.830. The lowest BCUT2D eigenvalue weighted by Gasteiger charge is -2.17. The van der Waals surface area contributed by atoms with Crippen molar-refractivity contribution in [3.05, 3.63) is 40.0 Å². The highest BCUT2D eigenvalue weighted by Crippen LogP contribution is 2.31. The summed E-state index contributed by atoms with van der Waals surface area (Å²) in [6.07, 6.45) is 4.93. The summed E-state index contributed by atoms with van der Waals surface area (Å²) < 4.78 is 0. The molecule has 1 aliphatic carbocycles. The Morgan fingerprint density at radius 2 is 2.00 bits per heavy atom. The van der Waals surface area contributed by atoms with Gasteiger partial charge >= 0.3 is 0 Å².